The lowest BCUT2D eigenvalue weighted by atomic mass is 9.74. The van der Waals surface area contributed by atoms with Gasteiger partial charge in [-0.2, -0.15) is 0 Å². The topological polar surface area (TPSA) is 20.2 Å². The van der Waals surface area contributed by atoms with Gasteiger partial charge in [0.1, 0.15) is 0 Å². The molecule has 0 radical (unpaired) electrons. The lowest BCUT2D eigenvalue weighted by Crippen LogP contribution is -2.26. The first-order valence-corrected chi connectivity index (χ1v) is 4.69. The largest absolute Gasteiger partial charge is 0.396 e. The van der Waals surface area contributed by atoms with Gasteiger partial charge in [-0.3, -0.25) is 0 Å². The second kappa shape index (κ2) is 2.98. The van der Waals surface area contributed by atoms with E-state index in [0.29, 0.717) is 12.5 Å². The second-order valence-corrected chi connectivity index (χ2v) is 3.87. The molecule has 0 aromatic rings. The van der Waals surface area contributed by atoms with Crippen molar-refractivity contribution in [3.63, 3.8) is 0 Å². The third kappa shape index (κ3) is 1.22. The first-order chi connectivity index (χ1) is 5.42. The third-order valence-electron chi connectivity index (χ3n) is 3.29. The van der Waals surface area contributed by atoms with E-state index in [9.17, 15) is 0 Å². The number of fused-ring (bicyclic) bond motifs is 1. The molecule has 0 aliphatic heterocycles. The number of hydrogen-bond acceptors (Lipinski definition) is 1. The number of allylic oxidation sites excluding steroid dienone is 2. The molecular weight excluding hydrogens is 136 g/mol. The van der Waals surface area contributed by atoms with Crippen LogP contribution >= 0.6 is 0 Å². The molecule has 1 saturated carbocycles. The van der Waals surface area contributed by atoms with Crippen LogP contribution in [0.25, 0.3) is 0 Å². The van der Waals surface area contributed by atoms with Gasteiger partial charge in [-0.25, -0.2) is 0 Å². The second-order valence-electron chi connectivity index (χ2n) is 3.87. The highest BCUT2D eigenvalue weighted by Crippen LogP contribution is 2.41. The molecule has 0 amide bonds. The van der Waals surface area contributed by atoms with Crippen molar-refractivity contribution in [3.8, 4) is 0 Å². The summed E-state index contributed by atoms with van der Waals surface area (Å²) in [5, 5.41) is 9.11. The summed E-state index contributed by atoms with van der Waals surface area (Å²) in [5.41, 5.74) is 0. The summed E-state index contributed by atoms with van der Waals surface area (Å²) in [6.07, 6.45) is 9.79. The van der Waals surface area contributed by atoms with Gasteiger partial charge in [0.25, 0.3) is 0 Å². The Morgan fingerprint density at radius 2 is 2.27 bits per heavy atom. The van der Waals surface area contributed by atoms with Crippen LogP contribution in [-0.2, 0) is 0 Å². The van der Waals surface area contributed by atoms with E-state index in [1.54, 1.807) is 0 Å². The normalized spacial score (nSPS) is 42.5. The van der Waals surface area contributed by atoms with Gasteiger partial charge in [0.15, 0.2) is 0 Å². The Morgan fingerprint density at radius 1 is 1.36 bits per heavy atom. The minimum Gasteiger partial charge on any atom is -0.396 e. The fourth-order valence-electron chi connectivity index (χ4n) is 2.64. The average molecular weight is 152 g/mol. The molecule has 62 valence electrons. The highest BCUT2D eigenvalue weighted by molar-refractivity contribution is 5.04. The van der Waals surface area contributed by atoms with Crippen molar-refractivity contribution >= 4 is 0 Å². The highest BCUT2D eigenvalue weighted by Gasteiger charge is 2.32. The maximum absolute atomic E-state index is 9.11. The van der Waals surface area contributed by atoms with E-state index in [4.69, 9.17) is 5.11 Å². The summed E-state index contributed by atoms with van der Waals surface area (Å²) >= 11 is 0. The zero-order valence-electron chi connectivity index (χ0n) is 6.87. The Morgan fingerprint density at radius 3 is 3.09 bits per heavy atom. The van der Waals surface area contributed by atoms with Gasteiger partial charge in [0.05, 0.1) is 0 Å². The van der Waals surface area contributed by atoms with Crippen LogP contribution in [0, 0.1) is 17.8 Å². The quantitative estimate of drug-likeness (QED) is 0.569. The van der Waals surface area contributed by atoms with Gasteiger partial charge in [-0.1, -0.05) is 18.6 Å². The Balaban J connectivity index is 2.04. The zero-order valence-corrected chi connectivity index (χ0v) is 6.87. The van der Waals surface area contributed by atoms with E-state index in [-0.39, 0.29) is 0 Å². The van der Waals surface area contributed by atoms with Crippen LogP contribution in [0.1, 0.15) is 25.7 Å². The van der Waals surface area contributed by atoms with E-state index in [1.807, 2.05) is 0 Å². The van der Waals surface area contributed by atoms with Crippen molar-refractivity contribution in [2.75, 3.05) is 6.61 Å². The summed E-state index contributed by atoms with van der Waals surface area (Å²) in [4.78, 5) is 0. The zero-order chi connectivity index (χ0) is 7.68. The van der Waals surface area contributed by atoms with Gasteiger partial charge in [-0.05, 0) is 37.0 Å². The predicted octanol–water partition coefficient (Wildman–Crippen LogP) is 1.97. The van der Waals surface area contributed by atoms with Gasteiger partial charge in [0.2, 0.25) is 0 Å². The molecule has 1 fully saturated rings. The van der Waals surface area contributed by atoms with Crippen molar-refractivity contribution in [2.24, 2.45) is 17.8 Å². The van der Waals surface area contributed by atoms with Crippen molar-refractivity contribution in [2.45, 2.75) is 25.7 Å². The smallest absolute Gasteiger partial charge is 0.0462 e. The van der Waals surface area contributed by atoms with Crippen LogP contribution in [0.4, 0.5) is 0 Å². The molecule has 0 heterocycles. The van der Waals surface area contributed by atoms with Crippen molar-refractivity contribution in [3.05, 3.63) is 12.2 Å². The van der Waals surface area contributed by atoms with E-state index >= 15 is 0 Å². The van der Waals surface area contributed by atoms with Crippen LogP contribution in [0.2, 0.25) is 0 Å². The van der Waals surface area contributed by atoms with Gasteiger partial charge in [0, 0.05) is 6.61 Å². The summed E-state index contributed by atoms with van der Waals surface area (Å²) in [7, 11) is 0. The van der Waals surface area contributed by atoms with Crippen LogP contribution in [0.5, 0.6) is 0 Å². The molecule has 2 aliphatic rings. The number of aliphatic hydroxyl groups excluding tert-OH is 1. The van der Waals surface area contributed by atoms with E-state index in [2.05, 4.69) is 12.2 Å². The molecule has 0 saturated heterocycles. The van der Waals surface area contributed by atoms with Crippen molar-refractivity contribution < 1.29 is 5.11 Å². The van der Waals surface area contributed by atoms with Crippen molar-refractivity contribution in [1.82, 2.24) is 0 Å². The van der Waals surface area contributed by atoms with Crippen molar-refractivity contribution in [1.29, 1.82) is 0 Å². The fraction of sp³-hybridized carbons (Fsp3) is 0.800. The molecule has 3 atom stereocenters. The molecule has 2 rings (SSSR count). The lowest BCUT2D eigenvalue weighted by Gasteiger charge is -2.32. The summed E-state index contributed by atoms with van der Waals surface area (Å²) in [6, 6.07) is 0. The van der Waals surface area contributed by atoms with E-state index < -0.39 is 0 Å². The molecule has 1 nitrogen and oxygen atoms in total. The average Bonchev–Trinajstić information content (AvgIpc) is 2.50. The first-order valence-electron chi connectivity index (χ1n) is 4.69. The SMILES string of the molecule is OCC1CCCC2C=CCC21. The standard InChI is InChI=1S/C10H16O/c11-7-9-5-1-3-8-4-2-6-10(8)9/h2,4,8-11H,1,3,5-7H2. The molecule has 0 aromatic carbocycles. The minimum atomic E-state index is 0.406. The van der Waals surface area contributed by atoms with E-state index in [1.165, 1.54) is 25.7 Å². The first kappa shape index (κ1) is 7.35. The molecule has 0 spiro atoms. The highest BCUT2D eigenvalue weighted by atomic mass is 16.3. The van der Waals surface area contributed by atoms with Crippen LogP contribution < -0.4 is 0 Å². The number of rotatable bonds is 1. The summed E-state index contributed by atoms with van der Waals surface area (Å²) < 4.78 is 0. The number of aliphatic hydroxyl groups is 1. The molecule has 3 unspecified atom stereocenters. The molecular formula is C10H16O. The lowest BCUT2D eigenvalue weighted by molar-refractivity contribution is 0.116. The molecule has 11 heavy (non-hydrogen) atoms. The maximum atomic E-state index is 9.11. The van der Waals surface area contributed by atoms with E-state index in [0.717, 1.165) is 11.8 Å². The Bertz CT molecular complexity index is 162. The molecule has 2 aliphatic carbocycles. The monoisotopic (exact) mass is 152 g/mol. The minimum absolute atomic E-state index is 0.406. The van der Waals surface area contributed by atoms with Gasteiger partial charge < -0.3 is 5.11 Å². The van der Waals surface area contributed by atoms with Crippen LogP contribution in [-0.4, -0.2) is 11.7 Å². The predicted molar refractivity (Wildman–Crippen MR) is 45.2 cm³/mol. The maximum Gasteiger partial charge on any atom is 0.0462 e. The summed E-state index contributed by atoms with van der Waals surface area (Å²) in [5.74, 6) is 2.19. The molecule has 1 heteroatoms. The van der Waals surface area contributed by atoms with Gasteiger partial charge in [-0.15, -0.1) is 0 Å². The van der Waals surface area contributed by atoms with Crippen LogP contribution in [0.3, 0.4) is 0 Å². The fourth-order valence-corrected chi connectivity index (χ4v) is 2.64. The Labute approximate surface area is 68.1 Å². The molecule has 0 bridgehead atoms. The Kier molecular flexibility index (Phi) is 1.99. The van der Waals surface area contributed by atoms with Crippen LogP contribution in [0.15, 0.2) is 12.2 Å². The van der Waals surface area contributed by atoms with Gasteiger partial charge >= 0.3 is 0 Å². The molecule has 0 aromatic heterocycles. The Hall–Kier alpha value is -0.300. The summed E-state index contributed by atoms with van der Waals surface area (Å²) in [6.45, 7) is 0.406. The number of hydrogen-bond donors (Lipinski definition) is 1. The molecule has 1 N–H and O–H groups in total. The third-order valence-corrected chi connectivity index (χ3v) is 3.29.